The molecule has 0 saturated heterocycles. The number of carbonyl (C=O) groups excluding carboxylic acids is 2. The molecule has 0 spiro atoms. The van der Waals surface area contributed by atoms with E-state index in [0.717, 1.165) is 9.87 Å². The maximum absolute atomic E-state index is 14.1. The smallest absolute Gasteiger partial charge is 0.264 e. The number of hydrogen-bond donors (Lipinski definition) is 1. The van der Waals surface area contributed by atoms with Gasteiger partial charge in [0, 0.05) is 12.6 Å². The molecule has 0 saturated carbocycles. The lowest BCUT2D eigenvalue weighted by molar-refractivity contribution is -0.140. The lowest BCUT2D eigenvalue weighted by atomic mass is 10.1. The average molecular weight is 552 g/mol. The van der Waals surface area contributed by atoms with E-state index in [1.165, 1.54) is 17.0 Å². The van der Waals surface area contributed by atoms with Gasteiger partial charge in [0.1, 0.15) is 18.3 Å². The van der Waals surface area contributed by atoms with Gasteiger partial charge >= 0.3 is 0 Å². The molecule has 8 nitrogen and oxygen atoms in total. The monoisotopic (exact) mass is 551 g/mol. The van der Waals surface area contributed by atoms with E-state index < -0.39 is 28.5 Å². The Morgan fingerprint density at radius 3 is 2.23 bits per heavy atom. The Bertz CT molecular complexity index is 1380. The molecule has 0 bridgehead atoms. The summed E-state index contributed by atoms with van der Waals surface area (Å²) in [5.74, 6) is -0.170. The van der Waals surface area contributed by atoms with Gasteiger partial charge in [-0.3, -0.25) is 13.9 Å². The Hall–Kier alpha value is -3.85. The molecule has 0 unspecified atom stereocenters. The van der Waals surface area contributed by atoms with Gasteiger partial charge in [-0.25, -0.2) is 8.42 Å². The average Bonchev–Trinajstić information content (AvgIpc) is 2.92. The third-order valence-electron chi connectivity index (χ3n) is 6.30. The molecule has 0 radical (unpaired) electrons. The van der Waals surface area contributed by atoms with Gasteiger partial charge in [-0.2, -0.15) is 0 Å². The molecule has 0 aromatic heterocycles. The Morgan fingerprint density at radius 2 is 1.62 bits per heavy atom. The fourth-order valence-electron chi connectivity index (χ4n) is 4.34. The number of anilines is 1. The van der Waals surface area contributed by atoms with Crippen LogP contribution < -0.4 is 14.4 Å². The van der Waals surface area contributed by atoms with Crippen LogP contribution in [0.4, 0.5) is 5.69 Å². The first-order chi connectivity index (χ1) is 18.6. The minimum Gasteiger partial charge on any atom is -0.497 e. The van der Waals surface area contributed by atoms with Crippen molar-refractivity contribution in [3.05, 3.63) is 90.0 Å². The van der Waals surface area contributed by atoms with Crippen LogP contribution in [-0.4, -0.2) is 50.9 Å². The molecule has 0 aliphatic heterocycles. The lowest BCUT2D eigenvalue weighted by Crippen LogP contribution is -2.53. The summed E-state index contributed by atoms with van der Waals surface area (Å²) in [7, 11) is -2.54. The number of ether oxygens (including phenoxy) is 1. The number of methoxy groups -OCH3 is 1. The molecule has 3 aromatic carbocycles. The molecule has 1 N–H and O–H groups in total. The summed E-state index contributed by atoms with van der Waals surface area (Å²) in [5.41, 5.74) is 1.86. The highest BCUT2D eigenvalue weighted by Gasteiger charge is 2.34. The fourth-order valence-corrected chi connectivity index (χ4v) is 5.84. The van der Waals surface area contributed by atoms with Crippen molar-refractivity contribution in [3.8, 4) is 5.75 Å². The van der Waals surface area contributed by atoms with Crippen LogP contribution in [0, 0.1) is 6.92 Å². The van der Waals surface area contributed by atoms with Gasteiger partial charge in [-0.1, -0.05) is 55.5 Å². The van der Waals surface area contributed by atoms with Gasteiger partial charge in [0.05, 0.1) is 17.7 Å². The van der Waals surface area contributed by atoms with Crippen LogP contribution in [0.15, 0.2) is 83.8 Å². The number of sulfonamides is 1. The highest BCUT2D eigenvalue weighted by molar-refractivity contribution is 7.92. The van der Waals surface area contributed by atoms with Crippen LogP contribution in [0.3, 0.4) is 0 Å². The molecule has 208 valence electrons. The molecule has 1 atom stereocenters. The van der Waals surface area contributed by atoms with Crippen molar-refractivity contribution in [1.82, 2.24) is 10.2 Å². The molecule has 0 fully saturated rings. The van der Waals surface area contributed by atoms with Crippen molar-refractivity contribution in [2.24, 2.45) is 0 Å². The first-order valence-corrected chi connectivity index (χ1v) is 14.4. The van der Waals surface area contributed by atoms with Gasteiger partial charge in [0.25, 0.3) is 10.0 Å². The van der Waals surface area contributed by atoms with E-state index in [1.54, 1.807) is 62.6 Å². The Balaban J connectivity index is 2.07. The van der Waals surface area contributed by atoms with Gasteiger partial charge in [0.2, 0.25) is 11.8 Å². The maximum atomic E-state index is 14.1. The molecular weight excluding hydrogens is 514 g/mol. The van der Waals surface area contributed by atoms with Crippen LogP contribution in [0.5, 0.6) is 5.75 Å². The molecule has 0 aliphatic carbocycles. The van der Waals surface area contributed by atoms with E-state index in [2.05, 4.69) is 5.32 Å². The fraction of sp³-hybridized carbons (Fsp3) is 0.333. The summed E-state index contributed by atoms with van der Waals surface area (Å²) < 4.78 is 34.2. The number of nitrogens with zero attached hydrogens (tertiary/aromatic N) is 2. The number of hydrogen-bond acceptors (Lipinski definition) is 5. The topological polar surface area (TPSA) is 96.0 Å². The summed E-state index contributed by atoms with van der Waals surface area (Å²) >= 11 is 0. The van der Waals surface area contributed by atoms with E-state index in [1.807, 2.05) is 39.0 Å². The standard InChI is InChI=1S/C30H37N3O5S/c1-6-27(30(35)31-22(2)3)32(20-24-14-12-15-25(19-24)38-5)29(34)21-33(28-18-11-10-13-23(28)4)39(36,37)26-16-8-7-9-17-26/h7-19,22,27H,6,20-21H2,1-5H3,(H,31,35)/t27-/m0/s1. The summed E-state index contributed by atoms with van der Waals surface area (Å²) in [5, 5.41) is 2.90. The summed E-state index contributed by atoms with van der Waals surface area (Å²) in [6.07, 6.45) is 0.351. The third-order valence-corrected chi connectivity index (χ3v) is 8.07. The van der Waals surface area contributed by atoms with Crippen molar-refractivity contribution in [2.75, 3.05) is 18.0 Å². The van der Waals surface area contributed by atoms with E-state index in [9.17, 15) is 18.0 Å². The predicted octanol–water partition coefficient (Wildman–Crippen LogP) is 4.53. The highest BCUT2D eigenvalue weighted by Crippen LogP contribution is 2.27. The Morgan fingerprint density at radius 1 is 0.949 bits per heavy atom. The SMILES string of the molecule is CC[C@@H](C(=O)NC(C)C)N(Cc1cccc(OC)c1)C(=O)CN(c1ccccc1C)S(=O)(=O)c1ccccc1. The number of rotatable bonds is 12. The van der Waals surface area contributed by atoms with Crippen LogP contribution >= 0.6 is 0 Å². The van der Waals surface area contributed by atoms with Gasteiger partial charge < -0.3 is 15.0 Å². The number of nitrogens with one attached hydrogen (secondary N) is 1. The van der Waals surface area contributed by atoms with E-state index in [-0.39, 0.29) is 23.4 Å². The van der Waals surface area contributed by atoms with Crippen LogP contribution in [-0.2, 0) is 26.2 Å². The zero-order valence-corrected chi connectivity index (χ0v) is 23.9. The summed E-state index contributed by atoms with van der Waals surface area (Å²) in [6, 6.07) is 21.4. The molecule has 9 heteroatoms. The van der Waals surface area contributed by atoms with E-state index in [0.29, 0.717) is 23.4 Å². The number of aryl methyl sites for hydroxylation is 1. The number of para-hydroxylation sites is 1. The highest BCUT2D eigenvalue weighted by atomic mass is 32.2. The minimum atomic E-state index is -4.10. The third kappa shape index (κ3) is 7.38. The molecule has 3 aromatic rings. The van der Waals surface area contributed by atoms with Gasteiger partial charge in [0.15, 0.2) is 0 Å². The maximum Gasteiger partial charge on any atom is 0.264 e. The second-order valence-electron chi connectivity index (χ2n) is 9.57. The first-order valence-electron chi connectivity index (χ1n) is 12.9. The number of benzene rings is 3. The zero-order valence-electron chi connectivity index (χ0n) is 23.1. The second-order valence-corrected chi connectivity index (χ2v) is 11.4. The summed E-state index contributed by atoms with van der Waals surface area (Å²) in [6.45, 7) is 6.96. The van der Waals surface area contributed by atoms with E-state index >= 15 is 0 Å². The van der Waals surface area contributed by atoms with E-state index in [4.69, 9.17) is 4.74 Å². The predicted molar refractivity (Wildman–Crippen MR) is 153 cm³/mol. The summed E-state index contributed by atoms with van der Waals surface area (Å²) in [4.78, 5) is 28.8. The van der Waals surface area contributed by atoms with Crippen molar-refractivity contribution in [1.29, 1.82) is 0 Å². The zero-order chi connectivity index (χ0) is 28.6. The Kier molecular flexibility index (Phi) is 10.1. The van der Waals surface area contributed by atoms with Crippen molar-refractivity contribution >= 4 is 27.5 Å². The van der Waals surface area contributed by atoms with Gasteiger partial charge in [-0.05, 0) is 68.7 Å². The second kappa shape index (κ2) is 13.3. The number of carbonyl (C=O) groups is 2. The molecule has 0 aliphatic rings. The van der Waals surface area contributed by atoms with Crippen LogP contribution in [0.2, 0.25) is 0 Å². The molecular formula is C30H37N3O5S. The van der Waals surface area contributed by atoms with Gasteiger partial charge in [-0.15, -0.1) is 0 Å². The van der Waals surface area contributed by atoms with Crippen molar-refractivity contribution < 1.29 is 22.7 Å². The molecule has 3 rings (SSSR count). The first kappa shape index (κ1) is 29.7. The molecule has 39 heavy (non-hydrogen) atoms. The molecule has 2 amide bonds. The lowest BCUT2D eigenvalue weighted by Gasteiger charge is -2.34. The minimum absolute atomic E-state index is 0.0741. The quantitative estimate of drug-likeness (QED) is 0.357. The van der Waals surface area contributed by atoms with Crippen molar-refractivity contribution in [3.63, 3.8) is 0 Å². The largest absolute Gasteiger partial charge is 0.497 e. The Labute approximate surface area is 231 Å². The molecule has 0 heterocycles. The van der Waals surface area contributed by atoms with Crippen molar-refractivity contribution in [2.45, 2.75) is 57.6 Å². The normalized spacial score (nSPS) is 12.1. The van der Waals surface area contributed by atoms with Crippen LogP contribution in [0.1, 0.15) is 38.3 Å². The van der Waals surface area contributed by atoms with Crippen LogP contribution in [0.25, 0.3) is 0 Å². The number of amides is 2.